The molecule has 0 aromatic heterocycles. The number of non-ortho nitro benzene ring substituents is 1. The van der Waals surface area contributed by atoms with Gasteiger partial charge in [0.25, 0.3) is 11.6 Å². The molecule has 1 saturated heterocycles. The molecule has 0 saturated carbocycles. The smallest absolute Gasteiger partial charge is 0.270 e. The molecule has 1 aliphatic heterocycles. The third-order valence-corrected chi connectivity index (χ3v) is 4.81. The second-order valence-electron chi connectivity index (χ2n) is 6.65. The standard InChI is InChI=1S/C20H23N3O4.ClH.H2O/c1-27-19-8-7-17(23(25)26)13-18(19)20(24)21-16-9-11-22(12-10-16)14-15-5-3-2-4-6-15;;/h2-8,13,16H,9-12,14H2,1H3,(H,21,24);1H;1H2. The molecule has 3 N–H and O–H groups in total. The summed E-state index contributed by atoms with van der Waals surface area (Å²) in [6.45, 7) is 2.69. The normalized spacial score (nSPS) is 14.2. The zero-order chi connectivity index (χ0) is 19.2. The van der Waals surface area contributed by atoms with E-state index in [9.17, 15) is 14.9 Å². The summed E-state index contributed by atoms with van der Waals surface area (Å²) in [5.41, 5.74) is 1.35. The number of methoxy groups -OCH3 is 1. The Morgan fingerprint density at radius 3 is 2.45 bits per heavy atom. The highest BCUT2D eigenvalue weighted by Crippen LogP contribution is 2.24. The van der Waals surface area contributed by atoms with Crippen molar-refractivity contribution in [2.75, 3.05) is 20.2 Å². The number of hydrogen-bond donors (Lipinski definition) is 1. The van der Waals surface area contributed by atoms with Crippen LogP contribution in [0.25, 0.3) is 0 Å². The van der Waals surface area contributed by atoms with E-state index in [1.807, 2.05) is 18.2 Å². The van der Waals surface area contributed by atoms with Crippen LogP contribution in [-0.2, 0) is 6.54 Å². The summed E-state index contributed by atoms with van der Waals surface area (Å²) in [7, 11) is 1.44. The average Bonchev–Trinajstić information content (AvgIpc) is 2.69. The van der Waals surface area contributed by atoms with Gasteiger partial charge in [0, 0.05) is 37.8 Å². The van der Waals surface area contributed by atoms with E-state index in [1.54, 1.807) is 0 Å². The number of carbonyl (C=O) groups is 1. The van der Waals surface area contributed by atoms with Gasteiger partial charge in [-0.15, -0.1) is 12.4 Å². The fourth-order valence-corrected chi connectivity index (χ4v) is 3.33. The maximum Gasteiger partial charge on any atom is 0.270 e. The Hall–Kier alpha value is -2.68. The number of nitrogens with one attached hydrogen (secondary N) is 1. The van der Waals surface area contributed by atoms with Crippen LogP contribution in [0.5, 0.6) is 5.75 Å². The molecule has 2 aromatic rings. The van der Waals surface area contributed by atoms with Crippen molar-refractivity contribution in [1.29, 1.82) is 0 Å². The first-order valence-corrected chi connectivity index (χ1v) is 8.96. The van der Waals surface area contributed by atoms with Crippen molar-refractivity contribution in [3.8, 4) is 5.75 Å². The molecule has 0 bridgehead atoms. The third kappa shape index (κ3) is 6.42. The lowest BCUT2D eigenvalue weighted by molar-refractivity contribution is -0.384. The van der Waals surface area contributed by atoms with Crippen molar-refractivity contribution in [3.63, 3.8) is 0 Å². The van der Waals surface area contributed by atoms with Gasteiger partial charge in [-0.1, -0.05) is 30.3 Å². The summed E-state index contributed by atoms with van der Waals surface area (Å²) in [4.78, 5) is 25.4. The maximum atomic E-state index is 12.6. The van der Waals surface area contributed by atoms with Crippen LogP contribution in [0.1, 0.15) is 28.8 Å². The molecule has 0 radical (unpaired) electrons. The van der Waals surface area contributed by atoms with Gasteiger partial charge in [0.05, 0.1) is 17.6 Å². The largest absolute Gasteiger partial charge is 0.496 e. The van der Waals surface area contributed by atoms with Crippen molar-refractivity contribution < 1.29 is 19.9 Å². The van der Waals surface area contributed by atoms with Crippen LogP contribution in [0.2, 0.25) is 0 Å². The average molecular weight is 424 g/mol. The van der Waals surface area contributed by atoms with Crippen LogP contribution in [-0.4, -0.2) is 47.4 Å². The molecule has 9 heteroatoms. The topological polar surface area (TPSA) is 116 Å². The summed E-state index contributed by atoms with van der Waals surface area (Å²) in [6.07, 6.45) is 1.69. The van der Waals surface area contributed by atoms with Gasteiger partial charge in [-0.3, -0.25) is 19.8 Å². The minimum atomic E-state index is -0.516. The number of benzene rings is 2. The summed E-state index contributed by atoms with van der Waals surface area (Å²) in [6, 6.07) is 14.4. The first-order chi connectivity index (χ1) is 13.1. The Balaban J connectivity index is 0.00000210. The molecular formula is C20H26ClN3O5. The molecule has 3 rings (SSSR count). The lowest BCUT2D eigenvalue weighted by atomic mass is 10.0. The van der Waals surface area contributed by atoms with Gasteiger partial charge in [-0.05, 0) is 24.5 Å². The minimum Gasteiger partial charge on any atom is -0.496 e. The monoisotopic (exact) mass is 423 g/mol. The molecule has 158 valence electrons. The number of rotatable bonds is 6. The highest BCUT2D eigenvalue weighted by molar-refractivity contribution is 5.97. The van der Waals surface area contributed by atoms with Crippen LogP contribution >= 0.6 is 12.4 Å². The molecule has 0 unspecified atom stereocenters. The fraction of sp³-hybridized carbons (Fsp3) is 0.350. The summed E-state index contributed by atoms with van der Waals surface area (Å²) in [5.74, 6) is -0.00308. The van der Waals surface area contributed by atoms with Crippen molar-refractivity contribution in [2.45, 2.75) is 25.4 Å². The van der Waals surface area contributed by atoms with Gasteiger partial charge in [0.2, 0.25) is 0 Å². The van der Waals surface area contributed by atoms with Crippen LogP contribution in [0, 0.1) is 10.1 Å². The molecule has 2 aromatic carbocycles. The first kappa shape index (κ1) is 24.4. The molecule has 0 aliphatic carbocycles. The van der Waals surface area contributed by atoms with E-state index >= 15 is 0 Å². The molecule has 0 spiro atoms. The molecule has 1 amide bonds. The van der Waals surface area contributed by atoms with Crippen LogP contribution in [0.15, 0.2) is 48.5 Å². The van der Waals surface area contributed by atoms with E-state index in [1.165, 1.54) is 30.9 Å². The van der Waals surface area contributed by atoms with Gasteiger partial charge in [-0.25, -0.2) is 0 Å². The Kier molecular flexibility index (Phi) is 9.54. The number of ether oxygens (including phenoxy) is 1. The lowest BCUT2D eigenvalue weighted by Crippen LogP contribution is -2.44. The Morgan fingerprint density at radius 2 is 1.86 bits per heavy atom. The van der Waals surface area contributed by atoms with Gasteiger partial charge in [0.1, 0.15) is 5.75 Å². The van der Waals surface area contributed by atoms with E-state index in [4.69, 9.17) is 4.74 Å². The van der Waals surface area contributed by atoms with Crippen molar-refractivity contribution in [2.24, 2.45) is 0 Å². The number of hydrogen-bond acceptors (Lipinski definition) is 5. The third-order valence-electron chi connectivity index (χ3n) is 4.81. The quantitative estimate of drug-likeness (QED) is 0.566. The Morgan fingerprint density at radius 1 is 1.21 bits per heavy atom. The zero-order valence-corrected chi connectivity index (χ0v) is 17.0. The number of carbonyl (C=O) groups excluding carboxylic acids is 1. The Labute approximate surface area is 175 Å². The van der Waals surface area contributed by atoms with E-state index in [2.05, 4.69) is 22.3 Å². The van der Waals surface area contributed by atoms with Crippen LogP contribution in [0.4, 0.5) is 5.69 Å². The molecule has 1 heterocycles. The van der Waals surface area contributed by atoms with Crippen molar-refractivity contribution in [3.05, 3.63) is 69.8 Å². The van der Waals surface area contributed by atoms with E-state index in [-0.39, 0.29) is 41.1 Å². The van der Waals surface area contributed by atoms with Crippen LogP contribution < -0.4 is 10.1 Å². The van der Waals surface area contributed by atoms with E-state index in [0.717, 1.165) is 32.5 Å². The number of piperidine rings is 1. The highest BCUT2D eigenvalue weighted by Gasteiger charge is 2.23. The number of likely N-dealkylation sites (tertiary alicyclic amines) is 1. The summed E-state index contributed by atoms with van der Waals surface area (Å²) < 4.78 is 5.18. The van der Waals surface area contributed by atoms with Crippen molar-refractivity contribution in [1.82, 2.24) is 10.2 Å². The summed E-state index contributed by atoms with van der Waals surface area (Å²) in [5, 5.41) is 14.0. The molecule has 1 aliphatic rings. The zero-order valence-electron chi connectivity index (χ0n) is 16.2. The van der Waals surface area contributed by atoms with E-state index in [0.29, 0.717) is 5.75 Å². The second-order valence-corrected chi connectivity index (χ2v) is 6.65. The van der Waals surface area contributed by atoms with Crippen molar-refractivity contribution >= 4 is 24.0 Å². The van der Waals surface area contributed by atoms with Crippen LogP contribution in [0.3, 0.4) is 0 Å². The van der Waals surface area contributed by atoms with Gasteiger partial charge >= 0.3 is 0 Å². The molecule has 29 heavy (non-hydrogen) atoms. The molecular weight excluding hydrogens is 398 g/mol. The number of amides is 1. The number of nitrogens with zero attached hydrogens (tertiary/aromatic N) is 2. The highest BCUT2D eigenvalue weighted by atomic mass is 35.5. The predicted octanol–water partition coefficient (Wildman–Crippen LogP) is 2.59. The molecule has 1 fully saturated rings. The number of halogens is 1. The summed E-state index contributed by atoms with van der Waals surface area (Å²) >= 11 is 0. The first-order valence-electron chi connectivity index (χ1n) is 8.96. The Bertz CT molecular complexity index is 811. The van der Waals surface area contributed by atoms with Gasteiger partial charge in [0.15, 0.2) is 0 Å². The van der Waals surface area contributed by atoms with Gasteiger partial charge < -0.3 is 15.5 Å². The molecule has 8 nitrogen and oxygen atoms in total. The SMILES string of the molecule is COc1ccc([N+](=O)[O-])cc1C(=O)NC1CCN(Cc2ccccc2)CC1.Cl.O. The van der Waals surface area contributed by atoms with Gasteiger partial charge in [-0.2, -0.15) is 0 Å². The minimum absolute atomic E-state index is 0. The maximum absolute atomic E-state index is 12.6. The number of nitro groups is 1. The predicted molar refractivity (Wildman–Crippen MR) is 113 cm³/mol. The van der Waals surface area contributed by atoms with E-state index < -0.39 is 4.92 Å². The molecule has 0 atom stereocenters. The lowest BCUT2D eigenvalue weighted by Gasteiger charge is -2.32. The second kappa shape index (κ2) is 11.4. The fourth-order valence-electron chi connectivity index (χ4n) is 3.33. The number of nitro benzene ring substituents is 1.